The fourth-order valence-corrected chi connectivity index (χ4v) is 11.6. The van der Waals surface area contributed by atoms with Crippen molar-refractivity contribution in [2.75, 3.05) is 0 Å². The Kier molecular flexibility index (Phi) is 7.20. The lowest BCUT2D eigenvalue weighted by atomic mass is 9.81. The third-order valence-corrected chi connectivity index (χ3v) is 14.1. The number of nitrogens with zero attached hydrogens (tertiary/aromatic N) is 3. The van der Waals surface area contributed by atoms with Gasteiger partial charge in [-0.15, -0.1) is 0 Å². The minimum atomic E-state index is 0.170. The molecule has 1 aromatic rings. The van der Waals surface area contributed by atoms with Gasteiger partial charge in [0, 0.05) is 58.0 Å². The Balaban J connectivity index is 0.853. The lowest BCUT2D eigenvalue weighted by Gasteiger charge is -2.39. The molecule has 0 saturated carbocycles. The summed E-state index contributed by atoms with van der Waals surface area (Å²) in [5.41, 5.74) is 17.6. The van der Waals surface area contributed by atoms with Crippen LogP contribution < -0.4 is 5.32 Å². The monoisotopic (exact) mass is 707 g/mol. The number of aryl methyl sites for hydroxylation is 2. The number of nitrogens with one attached hydrogen (secondary N) is 2. The van der Waals surface area contributed by atoms with E-state index in [-0.39, 0.29) is 6.29 Å². The molecule has 3 fully saturated rings. The third kappa shape index (κ3) is 4.77. The largest absolute Gasteiger partial charge is 0.361 e. The second kappa shape index (κ2) is 12.3. The summed E-state index contributed by atoms with van der Waals surface area (Å²) in [6.07, 6.45) is 59.6. The third-order valence-electron chi connectivity index (χ3n) is 14.1. The Morgan fingerprint density at radius 1 is 0.648 bits per heavy atom. The first kappa shape index (κ1) is 31.5. The molecule has 8 aliphatic carbocycles. The van der Waals surface area contributed by atoms with Gasteiger partial charge in [-0.25, -0.2) is 0 Å². The van der Waals surface area contributed by atoms with Gasteiger partial charge < -0.3 is 14.8 Å². The molecular formula is C49H49N5. The molecule has 5 heteroatoms. The highest BCUT2D eigenvalue weighted by atomic mass is 15.6. The van der Waals surface area contributed by atoms with Gasteiger partial charge in [-0.1, -0.05) is 97.2 Å². The molecule has 0 bridgehead atoms. The van der Waals surface area contributed by atoms with Crippen LogP contribution in [0.1, 0.15) is 73.9 Å². The first-order valence-corrected chi connectivity index (χ1v) is 20.8. The van der Waals surface area contributed by atoms with Gasteiger partial charge in [-0.3, -0.25) is 10.2 Å². The van der Waals surface area contributed by atoms with Crippen molar-refractivity contribution < 1.29 is 0 Å². The van der Waals surface area contributed by atoms with Gasteiger partial charge in [0.2, 0.25) is 0 Å². The standard InChI is InChI=1S/C49H49N5/c1-2-13-35(14-3-1)53-47-26-23-36(30-48(47)54-46-20-9-7-18-43(46)51-49(53)54)52-44-19-8-5-16-38(44)40-29-34(22-25-45(40)52)32-12-10-11-31(27-32)33-21-24-42-39(28-33)37-15-4-6-17-41(37)50-42/h2,4-5,7-9,12-16,18-20,22-23,26-29,38,43-46,48-51H,1,3,6,10-11,17,21,24-25,30H2. The van der Waals surface area contributed by atoms with Crippen LogP contribution in [0.5, 0.6) is 0 Å². The van der Waals surface area contributed by atoms with Crippen LogP contribution in [-0.4, -0.2) is 56.2 Å². The predicted octanol–water partition coefficient (Wildman–Crippen LogP) is 9.14. The summed E-state index contributed by atoms with van der Waals surface area (Å²) in [6.45, 7) is 0. The fraction of sp³-hybridized carbons (Fsp3) is 0.347. The summed E-state index contributed by atoms with van der Waals surface area (Å²) in [7, 11) is 0. The van der Waals surface area contributed by atoms with Gasteiger partial charge in [0.1, 0.15) is 6.29 Å². The smallest absolute Gasteiger partial charge is 0.143 e. The maximum Gasteiger partial charge on any atom is 0.143 e. The minimum absolute atomic E-state index is 0.170. The van der Waals surface area contributed by atoms with Crippen LogP contribution in [-0.2, 0) is 12.8 Å². The van der Waals surface area contributed by atoms with E-state index in [9.17, 15) is 0 Å². The average molecular weight is 708 g/mol. The molecule has 1 aromatic heterocycles. The number of likely N-dealkylation sites (tertiary alicyclic amines) is 1. The molecular weight excluding hydrogens is 659 g/mol. The second-order valence-electron chi connectivity index (χ2n) is 16.9. The second-order valence-corrected chi connectivity index (χ2v) is 16.9. The Hall–Kier alpha value is -4.84. The summed E-state index contributed by atoms with van der Waals surface area (Å²) in [6, 6.07) is 1.79. The molecule has 7 atom stereocenters. The van der Waals surface area contributed by atoms with Crippen LogP contribution in [0, 0.1) is 5.92 Å². The van der Waals surface area contributed by atoms with Crippen molar-refractivity contribution in [1.82, 2.24) is 25.0 Å². The van der Waals surface area contributed by atoms with Crippen LogP contribution in [0.15, 0.2) is 154 Å². The molecule has 270 valence electrons. The zero-order valence-electron chi connectivity index (χ0n) is 31.0. The predicted molar refractivity (Wildman–Crippen MR) is 219 cm³/mol. The number of hydrogen-bond donors (Lipinski definition) is 2. The molecule has 0 radical (unpaired) electrons. The first-order valence-electron chi connectivity index (χ1n) is 20.8. The van der Waals surface area contributed by atoms with Crippen LogP contribution in [0.25, 0.3) is 12.2 Å². The van der Waals surface area contributed by atoms with Crippen molar-refractivity contribution in [3.8, 4) is 0 Å². The number of hydrogen-bond acceptors (Lipinski definition) is 4. The quantitative estimate of drug-likeness (QED) is 0.328. The molecule has 7 unspecified atom stereocenters. The van der Waals surface area contributed by atoms with Gasteiger partial charge >= 0.3 is 0 Å². The van der Waals surface area contributed by atoms with E-state index in [0.717, 1.165) is 64.2 Å². The Morgan fingerprint density at radius 3 is 2.44 bits per heavy atom. The maximum atomic E-state index is 4.02. The molecule has 12 rings (SSSR count). The van der Waals surface area contributed by atoms with Crippen molar-refractivity contribution in [2.45, 2.75) is 101 Å². The average Bonchev–Trinajstić information content (AvgIpc) is 3.97. The zero-order valence-corrected chi connectivity index (χ0v) is 31.0. The van der Waals surface area contributed by atoms with Crippen molar-refractivity contribution in [1.29, 1.82) is 0 Å². The molecule has 0 spiro atoms. The van der Waals surface area contributed by atoms with E-state index in [1.54, 1.807) is 16.7 Å². The lowest BCUT2D eigenvalue weighted by molar-refractivity contribution is 0.150. The molecule has 11 aliphatic rings. The summed E-state index contributed by atoms with van der Waals surface area (Å²) in [5.74, 6) is 0.407. The van der Waals surface area contributed by atoms with Crippen LogP contribution in [0.2, 0.25) is 0 Å². The van der Waals surface area contributed by atoms with Crippen molar-refractivity contribution in [3.63, 3.8) is 0 Å². The van der Waals surface area contributed by atoms with Crippen molar-refractivity contribution in [2.24, 2.45) is 5.92 Å². The van der Waals surface area contributed by atoms with Gasteiger partial charge in [0.15, 0.2) is 0 Å². The van der Waals surface area contributed by atoms with Crippen LogP contribution in [0.4, 0.5) is 0 Å². The van der Waals surface area contributed by atoms with Crippen LogP contribution in [0.3, 0.4) is 0 Å². The van der Waals surface area contributed by atoms with Gasteiger partial charge in [-0.05, 0) is 110 Å². The van der Waals surface area contributed by atoms with E-state index < -0.39 is 0 Å². The number of allylic oxidation sites excluding steroid dienone is 17. The van der Waals surface area contributed by atoms with Gasteiger partial charge in [0.25, 0.3) is 0 Å². The lowest BCUT2D eigenvalue weighted by Crippen LogP contribution is -2.44. The van der Waals surface area contributed by atoms with E-state index in [4.69, 9.17) is 0 Å². The number of aromatic nitrogens is 1. The Labute approximate surface area is 319 Å². The Morgan fingerprint density at radius 2 is 1.50 bits per heavy atom. The highest BCUT2D eigenvalue weighted by Gasteiger charge is 2.55. The number of rotatable bonds is 4. The molecule has 5 nitrogen and oxygen atoms in total. The minimum Gasteiger partial charge on any atom is -0.361 e. The van der Waals surface area contributed by atoms with E-state index in [2.05, 4.69) is 147 Å². The van der Waals surface area contributed by atoms with Crippen molar-refractivity contribution >= 4 is 12.2 Å². The normalized spacial score (nSPS) is 34.0. The number of aromatic amines is 1. The molecule has 0 aromatic carbocycles. The number of H-pyrrole nitrogens is 1. The van der Waals surface area contributed by atoms with Gasteiger partial charge in [-0.2, -0.15) is 0 Å². The highest BCUT2D eigenvalue weighted by molar-refractivity contribution is 5.75. The Bertz CT molecular complexity index is 2280. The van der Waals surface area contributed by atoms with Gasteiger partial charge in [0.05, 0.1) is 24.2 Å². The highest BCUT2D eigenvalue weighted by Crippen LogP contribution is 2.50. The first-order chi connectivity index (χ1) is 26.8. The summed E-state index contributed by atoms with van der Waals surface area (Å²) in [5, 5.41) is 4.02. The molecule has 3 saturated heterocycles. The van der Waals surface area contributed by atoms with E-state index in [0.29, 0.717) is 36.1 Å². The van der Waals surface area contributed by atoms with Crippen LogP contribution >= 0.6 is 0 Å². The molecule has 2 N–H and O–H groups in total. The molecule has 3 aliphatic heterocycles. The van der Waals surface area contributed by atoms with E-state index in [1.807, 2.05) is 0 Å². The summed E-state index contributed by atoms with van der Waals surface area (Å²) in [4.78, 5) is 12.0. The van der Waals surface area contributed by atoms with E-state index in [1.165, 1.54) is 50.8 Å². The number of fused-ring (bicyclic) bond motifs is 11. The summed E-state index contributed by atoms with van der Waals surface area (Å²) >= 11 is 0. The van der Waals surface area contributed by atoms with E-state index >= 15 is 0 Å². The fourth-order valence-electron chi connectivity index (χ4n) is 11.6. The SMILES string of the molecule is C1=CC2NC3N(C4=CCCC=C4)C4=CC=C(N5C6CC=C(C7=CCCC(C8=Cc9c([nH]c%10c9C=CCC%10)CC8)=C7)C=C6C6C=CC=CC65)CC4N3C2C=C1. The molecule has 54 heavy (non-hydrogen) atoms. The topological polar surface area (TPSA) is 37.5 Å². The maximum absolute atomic E-state index is 4.02. The van der Waals surface area contributed by atoms with Crippen molar-refractivity contribution in [3.05, 3.63) is 177 Å². The molecule has 4 heterocycles. The molecule has 0 amide bonds. The zero-order chi connectivity index (χ0) is 35.3. The summed E-state index contributed by atoms with van der Waals surface area (Å²) < 4.78 is 0.